The van der Waals surface area contributed by atoms with Crippen LogP contribution < -0.4 is 0 Å². The molecule has 226 valence electrons. The van der Waals surface area contributed by atoms with Crippen molar-refractivity contribution in [3.8, 4) is 28.5 Å². The van der Waals surface area contributed by atoms with E-state index in [0.29, 0.717) is 11.6 Å². The van der Waals surface area contributed by atoms with Crippen LogP contribution in [0.1, 0.15) is 18.2 Å². The minimum Gasteiger partial charge on any atom is -0.456 e. The Labute approximate surface area is 276 Å². The van der Waals surface area contributed by atoms with Gasteiger partial charge in [-0.25, -0.2) is 15.0 Å². The Morgan fingerprint density at radius 2 is 1.21 bits per heavy atom. The van der Waals surface area contributed by atoms with Gasteiger partial charge in [-0.15, -0.1) is 0 Å². The molecule has 1 aliphatic rings. The van der Waals surface area contributed by atoms with E-state index < -0.39 is 0 Å². The molecule has 0 saturated heterocycles. The van der Waals surface area contributed by atoms with E-state index >= 15 is 0 Å². The minimum atomic E-state index is 0.0351. The minimum absolute atomic E-state index is 0.0351. The summed E-state index contributed by atoms with van der Waals surface area (Å²) in [6.45, 7) is 0. The first kappa shape index (κ1) is 26.8. The van der Waals surface area contributed by atoms with E-state index in [4.69, 9.17) is 19.4 Å². The highest BCUT2D eigenvalue weighted by molar-refractivity contribution is 6.12. The van der Waals surface area contributed by atoms with Crippen LogP contribution in [0, 0.1) is 0 Å². The van der Waals surface area contributed by atoms with Crippen molar-refractivity contribution in [3.05, 3.63) is 158 Å². The Balaban J connectivity index is 1.30. The average molecular weight is 617 g/mol. The summed E-state index contributed by atoms with van der Waals surface area (Å²) in [6.07, 6.45) is 9.36. The molecule has 5 heteroatoms. The lowest BCUT2D eigenvalue weighted by atomic mass is 9.99. The Bertz CT molecular complexity index is 2730. The maximum atomic E-state index is 6.28. The Morgan fingerprint density at radius 3 is 1.96 bits per heavy atom. The fourth-order valence-corrected chi connectivity index (χ4v) is 7.31. The highest BCUT2D eigenvalue weighted by Crippen LogP contribution is 2.40. The number of nitrogens with zero attached hydrogens (tertiary/aromatic N) is 4. The second-order valence-electron chi connectivity index (χ2n) is 12.4. The maximum Gasteiger partial charge on any atom is 0.165 e. The first-order chi connectivity index (χ1) is 23.8. The number of rotatable bonds is 4. The van der Waals surface area contributed by atoms with Gasteiger partial charge >= 0.3 is 0 Å². The lowest BCUT2D eigenvalue weighted by Gasteiger charge is -2.18. The van der Waals surface area contributed by atoms with Crippen LogP contribution in [0.5, 0.6) is 0 Å². The number of allylic oxidation sites excluding steroid dienone is 4. The van der Waals surface area contributed by atoms with Gasteiger partial charge in [0.25, 0.3) is 0 Å². The van der Waals surface area contributed by atoms with E-state index in [2.05, 4.69) is 126 Å². The predicted octanol–water partition coefficient (Wildman–Crippen LogP) is 11.0. The summed E-state index contributed by atoms with van der Waals surface area (Å²) in [7, 11) is 0. The van der Waals surface area contributed by atoms with Crippen molar-refractivity contribution in [2.24, 2.45) is 0 Å². The van der Waals surface area contributed by atoms with Crippen LogP contribution in [0.3, 0.4) is 0 Å². The molecule has 0 radical (unpaired) electrons. The third-order valence-corrected chi connectivity index (χ3v) is 9.53. The number of hydrogen-bond acceptors (Lipinski definition) is 4. The summed E-state index contributed by atoms with van der Waals surface area (Å²) in [6, 6.07) is 44.5. The van der Waals surface area contributed by atoms with E-state index in [0.717, 1.165) is 72.8 Å². The lowest BCUT2D eigenvalue weighted by molar-refractivity contribution is 0.669. The second-order valence-corrected chi connectivity index (χ2v) is 12.4. The van der Waals surface area contributed by atoms with Gasteiger partial charge in [0.1, 0.15) is 17.0 Å². The van der Waals surface area contributed by atoms with Gasteiger partial charge in [0.15, 0.2) is 11.6 Å². The van der Waals surface area contributed by atoms with Crippen LogP contribution in [0.15, 0.2) is 156 Å². The third kappa shape index (κ3) is 4.14. The molecule has 9 aromatic rings. The highest BCUT2D eigenvalue weighted by atomic mass is 16.3. The number of benzene rings is 6. The third-order valence-electron chi connectivity index (χ3n) is 9.53. The van der Waals surface area contributed by atoms with E-state index in [1.54, 1.807) is 0 Å². The van der Waals surface area contributed by atoms with Gasteiger partial charge < -0.3 is 8.98 Å². The number of furan rings is 1. The maximum absolute atomic E-state index is 6.28. The van der Waals surface area contributed by atoms with Crippen LogP contribution in [-0.2, 0) is 0 Å². The van der Waals surface area contributed by atoms with Crippen molar-refractivity contribution in [2.75, 3.05) is 0 Å². The first-order valence-corrected chi connectivity index (χ1v) is 16.3. The smallest absolute Gasteiger partial charge is 0.165 e. The van der Waals surface area contributed by atoms with Crippen molar-refractivity contribution in [1.82, 2.24) is 19.5 Å². The van der Waals surface area contributed by atoms with Crippen molar-refractivity contribution < 1.29 is 4.42 Å². The lowest BCUT2D eigenvalue weighted by Crippen LogP contribution is -2.09. The molecule has 0 bridgehead atoms. The molecule has 0 N–H and O–H groups in total. The molecule has 1 atom stereocenters. The zero-order valence-electron chi connectivity index (χ0n) is 25.9. The molecule has 0 spiro atoms. The van der Waals surface area contributed by atoms with Crippen molar-refractivity contribution in [2.45, 2.75) is 12.3 Å². The van der Waals surface area contributed by atoms with Crippen molar-refractivity contribution in [1.29, 1.82) is 0 Å². The zero-order chi connectivity index (χ0) is 31.6. The molecule has 0 aliphatic heterocycles. The molecule has 0 fully saturated rings. The number of para-hydroxylation sites is 3. The predicted molar refractivity (Wildman–Crippen MR) is 195 cm³/mol. The Hall–Kier alpha value is -6.33. The first-order valence-electron chi connectivity index (χ1n) is 16.3. The highest BCUT2D eigenvalue weighted by Gasteiger charge is 2.23. The normalized spacial score (nSPS) is 14.6. The molecule has 0 amide bonds. The standard InChI is InChI=1S/C43H28N4O/c1-2-13-27(14-3-1)41-44-42(33-20-12-24-39-40(33)32-19-8-11-23-38(32)48-39)46-43(45-41)34-25-28-15-4-5-16-29(28)26-37(34)47-35-21-9-6-17-30(35)31-18-7-10-22-36(31)47/h1-13,15-27H,14H2. The Morgan fingerprint density at radius 1 is 0.562 bits per heavy atom. The molecule has 48 heavy (non-hydrogen) atoms. The van der Waals surface area contributed by atoms with Crippen LogP contribution in [0.2, 0.25) is 0 Å². The summed E-state index contributed by atoms with van der Waals surface area (Å²) in [5.74, 6) is 2.07. The number of aromatic nitrogens is 4. The molecule has 10 rings (SSSR count). The van der Waals surface area contributed by atoms with Crippen LogP contribution >= 0.6 is 0 Å². The summed E-state index contributed by atoms with van der Waals surface area (Å²) in [5.41, 5.74) is 6.84. The number of fused-ring (bicyclic) bond motifs is 7. The van der Waals surface area contributed by atoms with Crippen LogP contribution in [0.4, 0.5) is 0 Å². The van der Waals surface area contributed by atoms with Crippen LogP contribution in [-0.4, -0.2) is 19.5 Å². The average Bonchev–Trinajstić information content (AvgIpc) is 3.70. The van der Waals surface area contributed by atoms with Crippen molar-refractivity contribution in [3.63, 3.8) is 0 Å². The molecule has 0 saturated carbocycles. The van der Waals surface area contributed by atoms with Gasteiger partial charge in [0.05, 0.1) is 16.7 Å². The van der Waals surface area contributed by atoms with E-state index in [-0.39, 0.29) is 5.92 Å². The number of hydrogen-bond donors (Lipinski definition) is 0. The fourth-order valence-electron chi connectivity index (χ4n) is 7.31. The van der Waals surface area contributed by atoms with Gasteiger partial charge in [-0.2, -0.15) is 0 Å². The molecule has 1 aliphatic carbocycles. The SMILES string of the molecule is C1=CCC(c2nc(-c3cc4ccccc4cc3-n3c4ccccc4c4ccccc43)nc(-c3cccc4oc5ccccc5c34)n2)C=C1. The second kappa shape index (κ2) is 10.6. The zero-order valence-corrected chi connectivity index (χ0v) is 25.9. The van der Waals surface area contributed by atoms with E-state index in [1.807, 2.05) is 30.3 Å². The van der Waals surface area contributed by atoms with Gasteiger partial charge in [-0.05, 0) is 53.6 Å². The van der Waals surface area contributed by atoms with Gasteiger partial charge in [-0.1, -0.05) is 115 Å². The largest absolute Gasteiger partial charge is 0.456 e. The molecule has 6 aromatic carbocycles. The summed E-state index contributed by atoms with van der Waals surface area (Å²) >= 11 is 0. The van der Waals surface area contributed by atoms with Crippen molar-refractivity contribution >= 4 is 54.5 Å². The van der Waals surface area contributed by atoms with Gasteiger partial charge in [0, 0.05) is 38.6 Å². The summed E-state index contributed by atoms with van der Waals surface area (Å²) in [5, 5.41) is 6.76. The van der Waals surface area contributed by atoms with E-state index in [9.17, 15) is 0 Å². The topological polar surface area (TPSA) is 56.7 Å². The summed E-state index contributed by atoms with van der Waals surface area (Å²) in [4.78, 5) is 15.8. The van der Waals surface area contributed by atoms with E-state index in [1.165, 1.54) is 10.8 Å². The molecular weight excluding hydrogens is 589 g/mol. The fraction of sp³-hybridized carbons (Fsp3) is 0.0465. The summed E-state index contributed by atoms with van der Waals surface area (Å²) < 4.78 is 8.64. The molecule has 1 unspecified atom stereocenters. The molecule has 5 nitrogen and oxygen atoms in total. The molecule has 3 aromatic heterocycles. The van der Waals surface area contributed by atoms with Crippen LogP contribution in [0.25, 0.3) is 83.0 Å². The Kier molecular flexibility index (Phi) is 5.93. The molecular formula is C43H28N4O. The quantitative estimate of drug-likeness (QED) is 0.197. The monoisotopic (exact) mass is 616 g/mol. The van der Waals surface area contributed by atoms with Gasteiger partial charge in [-0.3, -0.25) is 0 Å². The molecule has 3 heterocycles. The van der Waals surface area contributed by atoms with Gasteiger partial charge in [0.2, 0.25) is 0 Å².